The SMILES string of the molecule is O=C(Oc1c(F)c(F)c(F)c(F)c1F)c1ccc2ccc([C@@H](F)P(=O)(O)O)cc2c1. The van der Waals surface area contributed by atoms with Gasteiger partial charge in [0.05, 0.1) is 5.56 Å². The van der Waals surface area contributed by atoms with Crippen molar-refractivity contribution in [1.29, 1.82) is 0 Å². The summed E-state index contributed by atoms with van der Waals surface area (Å²) in [6.07, 6.45) is 0. The molecule has 0 aliphatic heterocycles. The minimum absolute atomic E-state index is 0.0930. The van der Waals surface area contributed by atoms with E-state index >= 15 is 0 Å². The zero-order valence-corrected chi connectivity index (χ0v) is 15.3. The van der Waals surface area contributed by atoms with E-state index in [0.717, 1.165) is 24.3 Å². The molecule has 0 saturated carbocycles. The normalized spacial score (nSPS) is 12.8. The Labute approximate surface area is 163 Å². The number of ether oxygens (including phenoxy) is 1. The van der Waals surface area contributed by atoms with Crippen molar-refractivity contribution in [2.24, 2.45) is 0 Å². The smallest absolute Gasteiger partial charge is 0.363 e. The van der Waals surface area contributed by atoms with Crippen LogP contribution >= 0.6 is 7.60 Å². The van der Waals surface area contributed by atoms with E-state index in [1.807, 2.05) is 0 Å². The predicted molar refractivity (Wildman–Crippen MR) is 91.0 cm³/mol. The number of hydrogen-bond acceptors (Lipinski definition) is 3. The number of carbonyl (C=O) groups excluding carboxylic acids is 1. The molecule has 1 atom stereocenters. The number of fused-ring (bicyclic) bond motifs is 1. The van der Waals surface area contributed by atoms with Crippen molar-refractivity contribution < 1.29 is 50.2 Å². The average Bonchev–Trinajstić information content (AvgIpc) is 2.71. The average molecular weight is 450 g/mol. The van der Waals surface area contributed by atoms with E-state index in [4.69, 9.17) is 9.79 Å². The highest BCUT2D eigenvalue weighted by atomic mass is 31.2. The van der Waals surface area contributed by atoms with Crippen LogP contribution in [0.1, 0.15) is 21.8 Å². The van der Waals surface area contributed by atoms with Crippen molar-refractivity contribution in [2.75, 3.05) is 0 Å². The van der Waals surface area contributed by atoms with Gasteiger partial charge in [0.1, 0.15) is 0 Å². The van der Waals surface area contributed by atoms with Gasteiger partial charge < -0.3 is 14.5 Å². The molecule has 0 radical (unpaired) electrons. The largest absolute Gasteiger partial charge is 0.416 e. The van der Waals surface area contributed by atoms with Gasteiger partial charge in [-0.1, -0.05) is 18.2 Å². The minimum Gasteiger partial charge on any atom is -0.416 e. The van der Waals surface area contributed by atoms with E-state index in [0.29, 0.717) is 5.39 Å². The van der Waals surface area contributed by atoms with E-state index < -0.39 is 65.4 Å². The first-order valence-corrected chi connectivity index (χ1v) is 9.56. The van der Waals surface area contributed by atoms with Crippen LogP contribution in [0.15, 0.2) is 36.4 Å². The Balaban J connectivity index is 1.99. The Bertz CT molecular complexity index is 1200. The van der Waals surface area contributed by atoms with Gasteiger partial charge in [-0.15, -0.1) is 0 Å². The van der Waals surface area contributed by atoms with Crippen molar-refractivity contribution in [3.8, 4) is 5.75 Å². The van der Waals surface area contributed by atoms with Gasteiger partial charge in [0, 0.05) is 0 Å². The fraction of sp³-hybridized carbons (Fsp3) is 0.0556. The second kappa shape index (κ2) is 7.75. The van der Waals surface area contributed by atoms with E-state index in [1.54, 1.807) is 0 Å². The summed E-state index contributed by atoms with van der Waals surface area (Å²) in [5.41, 5.74) is -0.809. The zero-order chi connectivity index (χ0) is 22.4. The van der Waals surface area contributed by atoms with Gasteiger partial charge in [-0.3, -0.25) is 4.57 Å². The molecular formula is C18H9F6O5P. The van der Waals surface area contributed by atoms with E-state index in [2.05, 4.69) is 4.74 Å². The van der Waals surface area contributed by atoms with E-state index in [1.165, 1.54) is 12.1 Å². The maximum atomic E-state index is 13.9. The molecule has 30 heavy (non-hydrogen) atoms. The third-order valence-electron chi connectivity index (χ3n) is 4.03. The first-order valence-electron chi connectivity index (χ1n) is 7.88. The van der Waals surface area contributed by atoms with Crippen molar-refractivity contribution in [3.05, 3.63) is 76.6 Å². The first kappa shape index (κ1) is 21.8. The summed E-state index contributed by atoms with van der Waals surface area (Å²) in [6, 6.07) is 6.85. The maximum absolute atomic E-state index is 13.9. The Morgan fingerprint density at radius 1 is 0.833 bits per heavy atom. The van der Waals surface area contributed by atoms with Crippen LogP contribution < -0.4 is 4.74 Å². The molecule has 0 heterocycles. The molecule has 3 rings (SSSR count). The molecule has 5 nitrogen and oxygen atoms in total. The molecule has 3 aromatic carbocycles. The Morgan fingerprint density at radius 2 is 1.37 bits per heavy atom. The molecule has 2 N–H and O–H groups in total. The number of halogens is 6. The van der Waals surface area contributed by atoms with Crippen LogP contribution in [0.4, 0.5) is 26.3 Å². The number of esters is 1. The molecule has 0 fully saturated rings. The summed E-state index contributed by atoms with van der Waals surface area (Å²) in [5.74, 6) is -17.6. The number of carbonyl (C=O) groups is 1. The van der Waals surface area contributed by atoms with Crippen molar-refractivity contribution in [3.63, 3.8) is 0 Å². The Hall–Kier alpha value is -2.88. The fourth-order valence-corrected chi connectivity index (χ4v) is 3.11. The van der Waals surface area contributed by atoms with E-state index in [-0.39, 0.29) is 5.39 Å². The molecule has 0 bridgehead atoms. The highest BCUT2D eigenvalue weighted by molar-refractivity contribution is 7.51. The van der Waals surface area contributed by atoms with Crippen molar-refractivity contribution >= 4 is 24.3 Å². The predicted octanol–water partition coefficient (Wildman–Crippen LogP) is 4.90. The second-order valence-electron chi connectivity index (χ2n) is 6.03. The van der Waals surface area contributed by atoms with Crippen LogP contribution in [0.5, 0.6) is 5.75 Å². The van der Waals surface area contributed by atoms with Gasteiger partial charge in [0.25, 0.3) is 0 Å². The fourth-order valence-electron chi connectivity index (χ4n) is 2.56. The number of alkyl halides is 1. The van der Waals surface area contributed by atoms with Gasteiger partial charge in [-0.05, 0) is 34.5 Å². The van der Waals surface area contributed by atoms with Crippen LogP contribution in [0, 0.1) is 29.1 Å². The molecule has 0 unspecified atom stereocenters. The summed E-state index contributed by atoms with van der Waals surface area (Å²) >= 11 is 0. The van der Waals surface area contributed by atoms with Crippen LogP contribution in [0.2, 0.25) is 0 Å². The summed E-state index contributed by atoms with van der Waals surface area (Å²) < 4.78 is 96.1. The van der Waals surface area contributed by atoms with Gasteiger partial charge in [0.2, 0.25) is 40.7 Å². The molecule has 12 heteroatoms. The minimum atomic E-state index is -5.10. The summed E-state index contributed by atoms with van der Waals surface area (Å²) in [7, 11) is -5.10. The van der Waals surface area contributed by atoms with Crippen molar-refractivity contribution in [1.82, 2.24) is 0 Å². The molecule has 0 aliphatic rings. The number of rotatable bonds is 4. The number of benzene rings is 3. The molecule has 0 aliphatic carbocycles. The molecule has 0 spiro atoms. The maximum Gasteiger partial charge on any atom is 0.363 e. The molecule has 3 aromatic rings. The highest BCUT2D eigenvalue weighted by Crippen LogP contribution is 2.52. The van der Waals surface area contributed by atoms with Gasteiger partial charge >= 0.3 is 13.6 Å². The first-order chi connectivity index (χ1) is 13.9. The summed E-state index contributed by atoms with van der Waals surface area (Å²) in [5, 5.41) is 0.486. The Morgan fingerprint density at radius 3 is 1.93 bits per heavy atom. The van der Waals surface area contributed by atoms with Crippen molar-refractivity contribution in [2.45, 2.75) is 5.91 Å². The highest BCUT2D eigenvalue weighted by Gasteiger charge is 2.31. The molecule has 0 aromatic heterocycles. The van der Waals surface area contributed by atoms with Gasteiger partial charge in [0.15, 0.2) is 0 Å². The van der Waals surface area contributed by atoms with Crippen LogP contribution in [-0.2, 0) is 4.57 Å². The summed E-state index contributed by atoms with van der Waals surface area (Å²) in [4.78, 5) is 30.0. The molecule has 158 valence electrons. The number of hydrogen-bond donors (Lipinski definition) is 2. The standard InChI is InChI=1S/C18H9F6O5P/c19-11-12(20)14(22)16(15(23)13(11)21)29-18(25)9-4-2-7-1-3-8(5-10(7)6-9)17(24)30(26,27)28/h1-6,17H,(H2,26,27,28)/t17-/m0/s1. The third-order valence-corrected chi connectivity index (χ3v) is 4.92. The Kier molecular flexibility index (Phi) is 5.64. The lowest BCUT2D eigenvalue weighted by atomic mass is 10.0. The lowest BCUT2D eigenvalue weighted by Crippen LogP contribution is -2.13. The lowest BCUT2D eigenvalue weighted by molar-refractivity contribution is 0.0716. The topological polar surface area (TPSA) is 83.8 Å². The molecular weight excluding hydrogens is 441 g/mol. The van der Waals surface area contributed by atoms with Crippen LogP contribution in [0.3, 0.4) is 0 Å². The monoisotopic (exact) mass is 450 g/mol. The van der Waals surface area contributed by atoms with Gasteiger partial charge in [-0.25, -0.2) is 22.4 Å². The van der Waals surface area contributed by atoms with E-state index in [9.17, 15) is 35.7 Å². The third kappa shape index (κ3) is 3.91. The molecule has 0 saturated heterocycles. The second-order valence-corrected chi connectivity index (χ2v) is 7.67. The van der Waals surface area contributed by atoms with Crippen LogP contribution in [0.25, 0.3) is 10.8 Å². The zero-order valence-electron chi connectivity index (χ0n) is 14.4. The lowest BCUT2D eigenvalue weighted by Gasteiger charge is -2.12. The quantitative estimate of drug-likeness (QED) is 0.148. The molecule has 0 amide bonds. The van der Waals surface area contributed by atoms with Gasteiger partial charge in [-0.2, -0.15) is 8.78 Å². The van der Waals surface area contributed by atoms with Crippen LogP contribution in [-0.4, -0.2) is 15.8 Å². The summed E-state index contributed by atoms with van der Waals surface area (Å²) in [6.45, 7) is 0.